The van der Waals surface area contributed by atoms with Gasteiger partial charge < -0.3 is 26.6 Å². The molecule has 0 aromatic carbocycles. The zero-order chi connectivity index (χ0) is 18.8. The molecule has 0 amide bonds. The van der Waals surface area contributed by atoms with Gasteiger partial charge in [0.2, 0.25) is 5.95 Å². The first kappa shape index (κ1) is 23.3. The highest BCUT2D eigenvalue weighted by molar-refractivity contribution is 8.13. The summed E-state index contributed by atoms with van der Waals surface area (Å²) in [6.07, 6.45) is 7.60. The molecule has 2 aromatic rings. The Morgan fingerprint density at radius 1 is 1.26 bits per heavy atom. The lowest BCUT2D eigenvalue weighted by molar-refractivity contribution is -0.697. The molecule has 0 bridgehead atoms. The highest BCUT2D eigenvalue weighted by Crippen LogP contribution is 2.11. The average molecular weight is 456 g/mol. The van der Waals surface area contributed by atoms with Crippen molar-refractivity contribution in [1.82, 2.24) is 15.0 Å². The fraction of sp³-hybridized carbons (Fsp3) is 0.500. The Morgan fingerprint density at radius 2 is 2.00 bits per heavy atom. The van der Waals surface area contributed by atoms with Crippen molar-refractivity contribution < 1.29 is 31.1 Å². The van der Waals surface area contributed by atoms with Crippen molar-refractivity contribution in [3.05, 3.63) is 36.7 Å². The predicted octanol–water partition coefficient (Wildman–Crippen LogP) is -1.09. The summed E-state index contributed by atoms with van der Waals surface area (Å²) in [6, 6.07) is 3.85. The second-order valence-corrected chi connectivity index (χ2v) is 7.09. The van der Waals surface area contributed by atoms with Gasteiger partial charge in [0.15, 0.2) is 17.5 Å². The summed E-state index contributed by atoms with van der Waals surface area (Å²) in [6.45, 7) is 3.52. The number of ether oxygens (including phenoxy) is 1. The van der Waals surface area contributed by atoms with E-state index in [4.69, 9.17) is 4.74 Å². The number of carbonyl (C=O) groups is 1. The van der Waals surface area contributed by atoms with E-state index in [0.29, 0.717) is 37.0 Å². The van der Waals surface area contributed by atoms with Crippen LogP contribution in [0.1, 0.15) is 25.6 Å². The second kappa shape index (κ2) is 12.6. The van der Waals surface area contributed by atoms with Gasteiger partial charge in [-0.15, -0.1) is 0 Å². The second-order valence-electron chi connectivity index (χ2n) is 5.94. The molecule has 2 heterocycles. The molecule has 0 aliphatic rings. The number of hydrogen-bond acceptors (Lipinski definition) is 7. The molecule has 0 radical (unpaired) electrons. The Hall–Kier alpha value is -1.74. The molecule has 0 N–H and O–H groups in total. The number of hydrogen-bond donors (Lipinski definition) is 0. The largest absolute Gasteiger partial charge is 1.00 e. The van der Waals surface area contributed by atoms with Gasteiger partial charge in [-0.05, 0) is 0 Å². The van der Waals surface area contributed by atoms with Gasteiger partial charge in [0.05, 0.1) is 13.0 Å². The van der Waals surface area contributed by atoms with E-state index in [2.05, 4.69) is 26.4 Å². The van der Waals surface area contributed by atoms with Crippen LogP contribution in [0.3, 0.4) is 0 Å². The lowest BCUT2D eigenvalue weighted by Gasteiger charge is -2.09. The SMILES string of the molecule is CCC[n+]1ccc(OCCC(=O)SCCc2ncnc(N(C)C)n2)cc1.[Br-]. The van der Waals surface area contributed by atoms with Crippen molar-refractivity contribution in [2.75, 3.05) is 31.4 Å². The van der Waals surface area contributed by atoms with Gasteiger partial charge in [-0.1, -0.05) is 18.7 Å². The normalized spacial score (nSPS) is 10.2. The molecular formula is C18H26BrN5O2S. The number of aromatic nitrogens is 4. The zero-order valence-electron chi connectivity index (χ0n) is 16.0. The van der Waals surface area contributed by atoms with Crippen LogP contribution >= 0.6 is 11.8 Å². The van der Waals surface area contributed by atoms with Crippen LogP contribution in [0.4, 0.5) is 5.95 Å². The van der Waals surface area contributed by atoms with E-state index in [-0.39, 0.29) is 22.1 Å². The third-order valence-electron chi connectivity index (χ3n) is 3.52. The number of rotatable bonds is 10. The molecule has 2 rings (SSSR count). The molecule has 0 saturated carbocycles. The highest BCUT2D eigenvalue weighted by Gasteiger charge is 2.07. The number of aryl methyl sites for hydroxylation is 2. The summed E-state index contributed by atoms with van der Waals surface area (Å²) < 4.78 is 7.74. The molecule has 9 heteroatoms. The molecule has 148 valence electrons. The van der Waals surface area contributed by atoms with Crippen molar-refractivity contribution in [2.24, 2.45) is 0 Å². The monoisotopic (exact) mass is 455 g/mol. The van der Waals surface area contributed by atoms with E-state index in [9.17, 15) is 4.79 Å². The van der Waals surface area contributed by atoms with Gasteiger partial charge in [-0.25, -0.2) is 14.5 Å². The quantitative estimate of drug-likeness (QED) is 0.421. The fourth-order valence-electron chi connectivity index (χ4n) is 2.18. The number of halogens is 1. The molecular weight excluding hydrogens is 430 g/mol. The number of pyridine rings is 1. The summed E-state index contributed by atoms with van der Waals surface area (Å²) >= 11 is 1.29. The van der Waals surface area contributed by atoms with Crippen molar-refractivity contribution in [3.63, 3.8) is 0 Å². The van der Waals surface area contributed by atoms with E-state index >= 15 is 0 Å². The third-order valence-corrected chi connectivity index (χ3v) is 4.45. The number of nitrogens with zero attached hydrogens (tertiary/aromatic N) is 5. The Labute approximate surface area is 175 Å². The molecule has 27 heavy (non-hydrogen) atoms. The molecule has 0 spiro atoms. The van der Waals surface area contributed by atoms with Gasteiger partial charge in [0.25, 0.3) is 0 Å². The van der Waals surface area contributed by atoms with Crippen LogP contribution in [-0.4, -0.2) is 46.5 Å². The standard InChI is InChI=1S/C18H26N5O2S.BrH/c1-4-9-23-10-5-15(6-11-23)25-12-7-17(24)26-13-8-16-19-14-20-18(21-16)22(2)3;/h5-6,10-11,14H,4,7-9,12-13H2,1-3H3;1H/q+1;/p-1. The molecule has 0 unspecified atom stereocenters. The van der Waals surface area contributed by atoms with Crippen molar-refractivity contribution in [2.45, 2.75) is 32.7 Å². The molecule has 0 atom stereocenters. The molecule has 0 aliphatic heterocycles. The van der Waals surface area contributed by atoms with Crippen LogP contribution in [0, 0.1) is 0 Å². The minimum atomic E-state index is 0. The smallest absolute Gasteiger partial charge is 0.228 e. The number of anilines is 1. The average Bonchev–Trinajstić information content (AvgIpc) is 2.64. The maximum atomic E-state index is 12.0. The minimum absolute atomic E-state index is 0. The molecule has 0 saturated heterocycles. The first-order valence-corrected chi connectivity index (χ1v) is 9.70. The lowest BCUT2D eigenvalue weighted by atomic mass is 10.4. The molecule has 0 fully saturated rings. The molecule has 0 aliphatic carbocycles. The first-order valence-electron chi connectivity index (χ1n) is 8.71. The summed E-state index contributed by atoms with van der Waals surface area (Å²) in [4.78, 5) is 26.3. The third kappa shape index (κ3) is 8.66. The van der Waals surface area contributed by atoms with Gasteiger partial charge in [0.1, 0.15) is 24.4 Å². The minimum Gasteiger partial charge on any atom is -1.00 e. The Kier molecular flexibility index (Phi) is 10.9. The van der Waals surface area contributed by atoms with E-state index in [1.165, 1.54) is 18.1 Å². The fourth-order valence-corrected chi connectivity index (χ4v) is 2.92. The van der Waals surface area contributed by atoms with Gasteiger partial charge in [-0.2, -0.15) is 4.98 Å². The van der Waals surface area contributed by atoms with E-state index in [0.717, 1.165) is 18.7 Å². The summed E-state index contributed by atoms with van der Waals surface area (Å²) in [5.74, 6) is 2.77. The van der Waals surface area contributed by atoms with Crippen LogP contribution in [0.15, 0.2) is 30.9 Å². The molecule has 7 nitrogen and oxygen atoms in total. The Balaban J connectivity index is 0.00000364. The number of thioether (sulfide) groups is 1. The van der Waals surface area contributed by atoms with Gasteiger partial charge in [-0.3, -0.25) is 4.79 Å². The maximum Gasteiger partial charge on any atom is 0.228 e. The summed E-state index contributed by atoms with van der Waals surface area (Å²) in [7, 11) is 3.76. The maximum absolute atomic E-state index is 12.0. The van der Waals surface area contributed by atoms with E-state index in [1.54, 1.807) is 0 Å². The summed E-state index contributed by atoms with van der Waals surface area (Å²) in [5.41, 5.74) is 0. The predicted molar refractivity (Wildman–Crippen MR) is 102 cm³/mol. The highest BCUT2D eigenvalue weighted by atomic mass is 79.9. The molecule has 2 aromatic heterocycles. The van der Waals surface area contributed by atoms with Crippen LogP contribution in [0.5, 0.6) is 5.75 Å². The van der Waals surface area contributed by atoms with Crippen LogP contribution in [0.2, 0.25) is 0 Å². The number of carbonyl (C=O) groups excluding carboxylic acids is 1. The van der Waals surface area contributed by atoms with Gasteiger partial charge >= 0.3 is 0 Å². The summed E-state index contributed by atoms with van der Waals surface area (Å²) in [5, 5.41) is 0.115. The van der Waals surface area contributed by atoms with Crippen molar-refractivity contribution in [3.8, 4) is 5.75 Å². The first-order chi connectivity index (χ1) is 12.6. The van der Waals surface area contributed by atoms with Crippen LogP contribution < -0.4 is 31.2 Å². The van der Waals surface area contributed by atoms with Crippen LogP contribution in [-0.2, 0) is 17.8 Å². The van der Waals surface area contributed by atoms with E-state index in [1.807, 2.05) is 43.5 Å². The Morgan fingerprint density at radius 3 is 2.67 bits per heavy atom. The lowest BCUT2D eigenvalue weighted by Crippen LogP contribution is -3.00. The van der Waals surface area contributed by atoms with Gasteiger partial charge in [0, 0.05) is 44.8 Å². The van der Waals surface area contributed by atoms with Crippen molar-refractivity contribution in [1.29, 1.82) is 0 Å². The topological polar surface area (TPSA) is 72.1 Å². The van der Waals surface area contributed by atoms with E-state index < -0.39 is 0 Å². The zero-order valence-corrected chi connectivity index (χ0v) is 18.4. The van der Waals surface area contributed by atoms with Crippen LogP contribution in [0.25, 0.3) is 0 Å². The Bertz CT molecular complexity index is 700. The van der Waals surface area contributed by atoms with Crippen molar-refractivity contribution >= 4 is 22.8 Å².